The van der Waals surface area contributed by atoms with Crippen LogP contribution in [-0.4, -0.2) is 10.2 Å². The third-order valence-electron chi connectivity index (χ3n) is 6.59. The van der Waals surface area contributed by atoms with Gasteiger partial charge in [-0.2, -0.15) is 10.2 Å². The van der Waals surface area contributed by atoms with E-state index in [0.717, 1.165) is 60.0 Å². The van der Waals surface area contributed by atoms with Crippen LogP contribution in [0.1, 0.15) is 89.3 Å². The number of aromatic nitrogens is 2. The second-order valence-corrected chi connectivity index (χ2v) is 8.89. The molecular weight excluding hydrogens is 359 g/mol. The van der Waals surface area contributed by atoms with Gasteiger partial charge in [-0.25, -0.2) is 4.39 Å². The van der Waals surface area contributed by atoms with Gasteiger partial charge in [-0.05, 0) is 61.3 Å². The van der Waals surface area contributed by atoms with Crippen molar-refractivity contribution in [2.24, 2.45) is 11.8 Å². The van der Waals surface area contributed by atoms with Crippen molar-refractivity contribution in [2.45, 2.75) is 90.9 Å². The van der Waals surface area contributed by atoms with E-state index in [4.69, 9.17) is 0 Å². The van der Waals surface area contributed by atoms with Crippen LogP contribution >= 0.6 is 0 Å². The van der Waals surface area contributed by atoms with Crippen LogP contribution in [0.15, 0.2) is 30.3 Å². The lowest BCUT2D eigenvalue weighted by atomic mass is 9.78. The van der Waals surface area contributed by atoms with Crippen molar-refractivity contribution in [1.29, 1.82) is 0 Å². The number of hydrogen-bond acceptors (Lipinski definition) is 2. The highest BCUT2D eigenvalue weighted by molar-refractivity contribution is 5.59. The van der Waals surface area contributed by atoms with Gasteiger partial charge in [0.2, 0.25) is 0 Å². The molecule has 0 N–H and O–H groups in total. The summed E-state index contributed by atoms with van der Waals surface area (Å²) in [6.07, 6.45) is 14.6. The smallest absolute Gasteiger partial charge is 0.127 e. The van der Waals surface area contributed by atoms with Crippen LogP contribution in [0.3, 0.4) is 0 Å². The van der Waals surface area contributed by atoms with Gasteiger partial charge in [0.05, 0.1) is 11.4 Å². The molecule has 1 aromatic heterocycles. The molecule has 0 unspecified atom stereocenters. The van der Waals surface area contributed by atoms with Crippen LogP contribution in [0, 0.1) is 17.7 Å². The summed E-state index contributed by atoms with van der Waals surface area (Å²) in [4.78, 5) is 0. The van der Waals surface area contributed by atoms with Crippen LogP contribution in [0.2, 0.25) is 0 Å². The monoisotopic (exact) mass is 396 g/mol. The molecule has 158 valence electrons. The van der Waals surface area contributed by atoms with E-state index in [2.05, 4.69) is 24.0 Å². The first-order valence-corrected chi connectivity index (χ1v) is 11.8. The minimum Gasteiger partial charge on any atom is -0.207 e. The summed E-state index contributed by atoms with van der Waals surface area (Å²) < 4.78 is 14.7. The average Bonchev–Trinajstić information content (AvgIpc) is 2.75. The van der Waals surface area contributed by atoms with Gasteiger partial charge in [-0.1, -0.05) is 77.3 Å². The maximum Gasteiger partial charge on any atom is 0.127 e. The van der Waals surface area contributed by atoms with Gasteiger partial charge in [0.15, 0.2) is 0 Å². The van der Waals surface area contributed by atoms with E-state index < -0.39 is 0 Å². The highest BCUT2D eigenvalue weighted by Gasteiger charge is 2.20. The van der Waals surface area contributed by atoms with Gasteiger partial charge in [-0.3, -0.25) is 0 Å². The highest BCUT2D eigenvalue weighted by Crippen LogP contribution is 2.34. The summed E-state index contributed by atoms with van der Waals surface area (Å²) in [5, 5.41) is 8.65. The summed E-state index contributed by atoms with van der Waals surface area (Å²) in [6, 6.07) is 9.58. The van der Waals surface area contributed by atoms with Crippen molar-refractivity contribution < 1.29 is 4.39 Å². The molecule has 1 heterocycles. The number of halogens is 1. The fourth-order valence-electron chi connectivity index (χ4n) is 4.69. The maximum absolute atomic E-state index is 14.7. The summed E-state index contributed by atoms with van der Waals surface area (Å²) in [7, 11) is 0. The van der Waals surface area contributed by atoms with Crippen molar-refractivity contribution in [3.05, 3.63) is 47.4 Å². The average molecular weight is 397 g/mol. The Morgan fingerprint density at radius 1 is 0.828 bits per heavy atom. The van der Waals surface area contributed by atoms with Gasteiger partial charge in [0, 0.05) is 5.56 Å². The molecule has 0 atom stereocenters. The minimum atomic E-state index is -0.101. The van der Waals surface area contributed by atoms with Gasteiger partial charge in [0.1, 0.15) is 5.82 Å². The molecule has 3 rings (SSSR count). The molecule has 2 nitrogen and oxygen atoms in total. The minimum absolute atomic E-state index is 0.101. The van der Waals surface area contributed by atoms with Gasteiger partial charge < -0.3 is 0 Å². The second kappa shape index (κ2) is 11.4. The molecule has 0 radical (unpaired) electrons. The summed E-state index contributed by atoms with van der Waals surface area (Å²) >= 11 is 0. The van der Waals surface area contributed by atoms with Crippen LogP contribution < -0.4 is 0 Å². The number of benzene rings is 1. The van der Waals surface area contributed by atoms with Crippen LogP contribution in [0.5, 0.6) is 0 Å². The second-order valence-electron chi connectivity index (χ2n) is 8.89. The van der Waals surface area contributed by atoms with E-state index in [9.17, 15) is 4.39 Å². The van der Waals surface area contributed by atoms with Crippen molar-refractivity contribution >= 4 is 0 Å². The maximum atomic E-state index is 14.7. The molecule has 1 saturated carbocycles. The molecule has 1 aromatic carbocycles. The zero-order chi connectivity index (χ0) is 20.5. The van der Waals surface area contributed by atoms with E-state index >= 15 is 0 Å². The molecule has 0 spiro atoms. The topological polar surface area (TPSA) is 25.8 Å². The fraction of sp³-hybridized carbons (Fsp3) is 0.615. The number of unbranched alkanes of at least 4 members (excludes halogenated alkanes) is 2. The Labute approximate surface area is 176 Å². The number of hydrogen-bond donors (Lipinski definition) is 0. The Morgan fingerprint density at radius 2 is 1.59 bits per heavy atom. The van der Waals surface area contributed by atoms with E-state index in [1.54, 1.807) is 6.07 Å². The third kappa shape index (κ3) is 6.62. The molecule has 1 aliphatic rings. The van der Waals surface area contributed by atoms with Crippen LogP contribution in [-0.2, 0) is 12.8 Å². The summed E-state index contributed by atoms with van der Waals surface area (Å²) in [6.45, 7) is 4.48. The lowest BCUT2D eigenvalue weighted by Gasteiger charge is -2.28. The SMILES string of the molecule is CCCCCc1ccc(-c2ccc(CCC3CCC(CCC)CC3)c(F)c2)nn1. The summed E-state index contributed by atoms with van der Waals surface area (Å²) in [5.74, 6) is 1.61. The van der Waals surface area contributed by atoms with Crippen LogP contribution in [0.25, 0.3) is 11.3 Å². The normalized spacial score (nSPS) is 19.4. The zero-order valence-electron chi connectivity index (χ0n) is 18.3. The number of aryl methyl sites for hydroxylation is 2. The highest BCUT2D eigenvalue weighted by atomic mass is 19.1. The molecular formula is C26H37FN2. The lowest BCUT2D eigenvalue weighted by molar-refractivity contribution is 0.252. The van der Waals surface area contributed by atoms with Crippen molar-refractivity contribution in [2.75, 3.05) is 0 Å². The Morgan fingerprint density at radius 3 is 2.21 bits per heavy atom. The van der Waals surface area contributed by atoms with Crippen molar-refractivity contribution in [1.82, 2.24) is 10.2 Å². The van der Waals surface area contributed by atoms with Gasteiger partial charge in [0.25, 0.3) is 0 Å². The molecule has 1 aliphatic carbocycles. The molecule has 2 aromatic rings. The number of rotatable bonds is 10. The predicted octanol–water partition coefficient (Wildman–Crippen LogP) is 7.55. The van der Waals surface area contributed by atoms with Crippen molar-refractivity contribution in [3.63, 3.8) is 0 Å². The van der Waals surface area contributed by atoms with E-state index in [0.29, 0.717) is 0 Å². The molecule has 29 heavy (non-hydrogen) atoms. The third-order valence-corrected chi connectivity index (χ3v) is 6.59. The first-order valence-electron chi connectivity index (χ1n) is 11.8. The molecule has 0 saturated heterocycles. The molecule has 0 bridgehead atoms. The molecule has 0 amide bonds. The standard InChI is InChI=1S/C26H37FN2/c1-3-5-6-8-24-17-18-26(29-28-24)23-16-15-22(25(27)19-23)14-13-21-11-9-20(7-4-2)10-12-21/h15-21H,3-14H2,1-2H3. The van der Waals surface area contributed by atoms with E-state index in [1.807, 2.05) is 24.3 Å². The van der Waals surface area contributed by atoms with E-state index in [-0.39, 0.29) is 5.82 Å². The quantitative estimate of drug-likeness (QED) is 0.387. The zero-order valence-corrected chi connectivity index (χ0v) is 18.3. The lowest BCUT2D eigenvalue weighted by Crippen LogP contribution is -2.15. The fourth-order valence-corrected chi connectivity index (χ4v) is 4.69. The Balaban J connectivity index is 1.52. The summed E-state index contributed by atoms with van der Waals surface area (Å²) in [5.41, 5.74) is 3.43. The molecule has 1 fully saturated rings. The molecule has 0 aliphatic heterocycles. The Hall–Kier alpha value is -1.77. The van der Waals surface area contributed by atoms with Gasteiger partial charge in [-0.15, -0.1) is 0 Å². The Bertz CT molecular complexity index is 733. The van der Waals surface area contributed by atoms with Crippen LogP contribution in [0.4, 0.5) is 4.39 Å². The first-order chi connectivity index (χ1) is 14.2. The van der Waals surface area contributed by atoms with Crippen molar-refractivity contribution in [3.8, 4) is 11.3 Å². The Kier molecular flexibility index (Phi) is 8.64. The first kappa shape index (κ1) is 21.9. The van der Waals surface area contributed by atoms with E-state index in [1.165, 1.54) is 51.4 Å². The van der Waals surface area contributed by atoms with Gasteiger partial charge >= 0.3 is 0 Å². The predicted molar refractivity (Wildman–Crippen MR) is 119 cm³/mol. The molecule has 3 heteroatoms. The number of nitrogens with zero attached hydrogens (tertiary/aromatic N) is 2. The largest absolute Gasteiger partial charge is 0.207 e.